The molecule has 18 heavy (non-hydrogen) atoms. The largest absolute Gasteiger partial charge is 0.321 e. The van der Waals surface area contributed by atoms with Gasteiger partial charge in [-0.25, -0.2) is 0 Å². The molecule has 0 aliphatic rings. The van der Waals surface area contributed by atoms with Crippen molar-refractivity contribution in [2.24, 2.45) is 0 Å². The molecule has 1 amide bonds. The van der Waals surface area contributed by atoms with Crippen LogP contribution in [0.3, 0.4) is 0 Å². The third kappa shape index (κ3) is 3.14. The minimum absolute atomic E-state index is 0.0697. The Morgan fingerprint density at radius 1 is 1.06 bits per heavy atom. The number of amides is 1. The van der Waals surface area contributed by atoms with E-state index in [0.717, 1.165) is 16.3 Å². The zero-order valence-electron chi connectivity index (χ0n) is 10.2. The maximum atomic E-state index is 12.1. The molecule has 0 heterocycles. The van der Waals surface area contributed by atoms with Gasteiger partial charge in [0.05, 0.1) is 5.69 Å². The van der Waals surface area contributed by atoms with Crippen LogP contribution in [0.5, 0.6) is 0 Å². The van der Waals surface area contributed by atoms with Crippen LogP contribution in [0.25, 0.3) is 0 Å². The molecule has 2 nitrogen and oxygen atoms in total. The molecule has 0 bridgehead atoms. The number of nitrogens with one attached hydrogen (secondary N) is 1. The van der Waals surface area contributed by atoms with Crippen LogP contribution in [0.15, 0.2) is 59.5 Å². The van der Waals surface area contributed by atoms with E-state index >= 15 is 0 Å². The topological polar surface area (TPSA) is 29.1 Å². The molecule has 0 aliphatic carbocycles. The van der Waals surface area contributed by atoms with Gasteiger partial charge in [-0.3, -0.25) is 4.79 Å². The second-order valence-corrected chi connectivity index (χ2v) is 5.06. The van der Waals surface area contributed by atoms with Gasteiger partial charge < -0.3 is 5.32 Å². The van der Waals surface area contributed by atoms with Gasteiger partial charge in [-0.1, -0.05) is 37.3 Å². The Labute approximate surface area is 111 Å². The molecule has 0 unspecified atom stereocenters. The summed E-state index contributed by atoms with van der Waals surface area (Å²) in [5.41, 5.74) is 1.55. The predicted octanol–water partition coefficient (Wildman–Crippen LogP) is 4.05. The first-order valence-corrected chi connectivity index (χ1v) is 6.88. The van der Waals surface area contributed by atoms with Gasteiger partial charge >= 0.3 is 0 Å². The van der Waals surface area contributed by atoms with E-state index in [0.29, 0.717) is 5.56 Å². The molecular formula is C15H15NOS. The molecule has 92 valence electrons. The summed E-state index contributed by atoms with van der Waals surface area (Å²) >= 11 is 1.72. The van der Waals surface area contributed by atoms with Gasteiger partial charge in [0.25, 0.3) is 5.91 Å². The van der Waals surface area contributed by atoms with Gasteiger partial charge in [0, 0.05) is 10.5 Å². The maximum Gasteiger partial charge on any atom is 0.255 e. The van der Waals surface area contributed by atoms with Gasteiger partial charge in [0.15, 0.2) is 0 Å². The molecule has 0 atom stereocenters. The Bertz CT molecular complexity index is 525. The molecule has 0 aromatic heterocycles. The fourth-order valence-corrected chi connectivity index (χ4v) is 2.40. The van der Waals surface area contributed by atoms with Crippen molar-refractivity contribution in [1.82, 2.24) is 0 Å². The molecule has 0 saturated heterocycles. The van der Waals surface area contributed by atoms with Gasteiger partial charge in [0.2, 0.25) is 0 Å². The molecule has 3 heteroatoms. The Morgan fingerprint density at radius 2 is 1.72 bits per heavy atom. The molecule has 2 aromatic rings. The summed E-state index contributed by atoms with van der Waals surface area (Å²) in [6.07, 6.45) is 0. The Kier molecular flexibility index (Phi) is 4.42. The molecule has 0 saturated carbocycles. The lowest BCUT2D eigenvalue weighted by Crippen LogP contribution is -2.12. The number of benzene rings is 2. The Morgan fingerprint density at radius 3 is 2.44 bits per heavy atom. The molecule has 2 aromatic carbocycles. The van der Waals surface area contributed by atoms with Crippen LogP contribution >= 0.6 is 11.8 Å². The normalized spacial score (nSPS) is 10.1. The van der Waals surface area contributed by atoms with Crippen molar-refractivity contribution in [2.45, 2.75) is 11.8 Å². The highest BCUT2D eigenvalue weighted by Crippen LogP contribution is 2.26. The number of para-hydroxylation sites is 1. The van der Waals surface area contributed by atoms with Gasteiger partial charge in [-0.15, -0.1) is 11.8 Å². The van der Waals surface area contributed by atoms with Crippen molar-refractivity contribution in [3.05, 3.63) is 60.2 Å². The van der Waals surface area contributed by atoms with E-state index in [2.05, 4.69) is 12.2 Å². The summed E-state index contributed by atoms with van der Waals surface area (Å²) in [6.45, 7) is 2.10. The van der Waals surface area contributed by atoms with E-state index < -0.39 is 0 Å². The number of rotatable bonds is 4. The summed E-state index contributed by atoms with van der Waals surface area (Å²) in [6, 6.07) is 17.1. The first-order chi connectivity index (χ1) is 8.81. The summed E-state index contributed by atoms with van der Waals surface area (Å²) in [5, 5.41) is 2.95. The van der Waals surface area contributed by atoms with E-state index in [1.54, 1.807) is 11.8 Å². The number of anilines is 1. The number of thioether (sulfide) groups is 1. The van der Waals surface area contributed by atoms with Crippen molar-refractivity contribution in [3.8, 4) is 0 Å². The zero-order valence-corrected chi connectivity index (χ0v) is 11.0. The van der Waals surface area contributed by atoms with Crippen molar-refractivity contribution in [3.63, 3.8) is 0 Å². The average Bonchev–Trinajstić information content (AvgIpc) is 2.42. The van der Waals surface area contributed by atoms with Crippen LogP contribution in [-0.2, 0) is 0 Å². The van der Waals surface area contributed by atoms with E-state index in [9.17, 15) is 4.79 Å². The molecule has 0 fully saturated rings. The minimum atomic E-state index is -0.0697. The number of carbonyl (C=O) groups excluding carboxylic acids is 1. The van der Waals surface area contributed by atoms with Crippen LogP contribution < -0.4 is 5.32 Å². The van der Waals surface area contributed by atoms with Crippen LogP contribution in [0, 0.1) is 0 Å². The second-order valence-electron chi connectivity index (χ2n) is 3.75. The molecule has 2 rings (SSSR count). The number of hydrogen-bond donors (Lipinski definition) is 1. The van der Waals surface area contributed by atoms with Crippen molar-refractivity contribution < 1.29 is 4.79 Å². The first kappa shape index (κ1) is 12.7. The van der Waals surface area contributed by atoms with E-state index in [4.69, 9.17) is 0 Å². The van der Waals surface area contributed by atoms with Crippen LogP contribution in [-0.4, -0.2) is 11.7 Å². The zero-order chi connectivity index (χ0) is 12.8. The van der Waals surface area contributed by atoms with Crippen LogP contribution in [0.2, 0.25) is 0 Å². The average molecular weight is 257 g/mol. The molecular weight excluding hydrogens is 242 g/mol. The smallest absolute Gasteiger partial charge is 0.255 e. The van der Waals surface area contributed by atoms with Crippen LogP contribution in [0.1, 0.15) is 17.3 Å². The van der Waals surface area contributed by atoms with Gasteiger partial charge in [-0.05, 0) is 30.0 Å². The standard InChI is InChI=1S/C15H15NOS/c1-2-18-14-11-7-6-10-13(14)16-15(17)12-8-4-3-5-9-12/h3-11H,2H2,1H3,(H,16,17). The van der Waals surface area contributed by atoms with E-state index in [-0.39, 0.29) is 5.91 Å². The van der Waals surface area contributed by atoms with Crippen molar-refractivity contribution in [2.75, 3.05) is 11.1 Å². The Hall–Kier alpha value is -1.74. The number of hydrogen-bond acceptors (Lipinski definition) is 2. The van der Waals surface area contributed by atoms with E-state index in [1.807, 2.05) is 54.6 Å². The molecule has 0 radical (unpaired) electrons. The summed E-state index contributed by atoms with van der Waals surface area (Å²) in [5.74, 6) is 0.915. The highest BCUT2D eigenvalue weighted by Gasteiger charge is 2.07. The van der Waals surface area contributed by atoms with Crippen molar-refractivity contribution >= 4 is 23.4 Å². The monoisotopic (exact) mass is 257 g/mol. The Balaban J connectivity index is 2.17. The van der Waals surface area contributed by atoms with Crippen molar-refractivity contribution in [1.29, 1.82) is 0 Å². The summed E-state index contributed by atoms with van der Waals surface area (Å²) in [4.78, 5) is 13.2. The summed E-state index contributed by atoms with van der Waals surface area (Å²) < 4.78 is 0. The lowest BCUT2D eigenvalue weighted by Gasteiger charge is -2.09. The first-order valence-electron chi connectivity index (χ1n) is 5.89. The van der Waals surface area contributed by atoms with Gasteiger partial charge in [0.1, 0.15) is 0 Å². The SMILES string of the molecule is CCSc1ccccc1NC(=O)c1ccccc1. The van der Waals surface area contributed by atoms with Crippen LogP contribution in [0.4, 0.5) is 5.69 Å². The fraction of sp³-hybridized carbons (Fsp3) is 0.133. The lowest BCUT2D eigenvalue weighted by molar-refractivity contribution is 0.102. The number of carbonyl (C=O) groups is 1. The molecule has 1 N–H and O–H groups in total. The highest BCUT2D eigenvalue weighted by molar-refractivity contribution is 7.99. The second kappa shape index (κ2) is 6.26. The molecule has 0 spiro atoms. The lowest BCUT2D eigenvalue weighted by atomic mass is 10.2. The fourth-order valence-electron chi connectivity index (χ4n) is 1.64. The maximum absolute atomic E-state index is 12.1. The quantitative estimate of drug-likeness (QED) is 0.837. The highest BCUT2D eigenvalue weighted by atomic mass is 32.2. The predicted molar refractivity (Wildman–Crippen MR) is 77.2 cm³/mol. The molecule has 0 aliphatic heterocycles. The third-order valence-electron chi connectivity index (χ3n) is 2.47. The van der Waals surface area contributed by atoms with Gasteiger partial charge in [-0.2, -0.15) is 0 Å². The minimum Gasteiger partial charge on any atom is -0.321 e. The third-order valence-corrected chi connectivity index (χ3v) is 3.43. The van der Waals surface area contributed by atoms with E-state index in [1.165, 1.54) is 0 Å². The summed E-state index contributed by atoms with van der Waals surface area (Å²) in [7, 11) is 0.